The third-order valence-electron chi connectivity index (χ3n) is 3.80. The minimum Gasteiger partial charge on any atom is -0.378 e. The second-order valence-corrected chi connectivity index (χ2v) is 5.96. The van der Waals surface area contributed by atoms with Gasteiger partial charge in [-0.25, -0.2) is 0 Å². The van der Waals surface area contributed by atoms with Crippen LogP contribution in [-0.2, 0) is 11.2 Å². The van der Waals surface area contributed by atoms with Crippen molar-refractivity contribution in [3.63, 3.8) is 0 Å². The lowest BCUT2D eigenvalue weighted by Gasteiger charge is -2.31. The zero-order valence-electron chi connectivity index (χ0n) is 11.9. The summed E-state index contributed by atoms with van der Waals surface area (Å²) >= 11 is 5.91. The fourth-order valence-electron chi connectivity index (χ4n) is 2.75. The van der Waals surface area contributed by atoms with Gasteiger partial charge in [-0.1, -0.05) is 30.7 Å². The Balaban J connectivity index is 1.80. The van der Waals surface area contributed by atoms with Crippen molar-refractivity contribution in [2.45, 2.75) is 57.7 Å². The Labute approximate surface area is 121 Å². The summed E-state index contributed by atoms with van der Waals surface area (Å²) in [5.74, 6) is 0. The number of hydrogen-bond donors (Lipinski definition) is 1. The van der Waals surface area contributed by atoms with E-state index >= 15 is 0 Å². The smallest absolute Gasteiger partial charge is 0.0587 e. The monoisotopic (exact) mass is 281 g/mol. The molecule has 1 aliphatic rings. The van der Waals surface area contributed by atoms with Crippen molar-refractivity contribution in [2.75, 3.05) is 6.61 Å². The van der Waals surface area contributed by atoms with Gasteiger partial charge in [0.1, 0.15) is 0 Å². The minimum atomic E-state index is 0.439. The lowest BCUT2D eigenvalue weighted by molar-refractivity contribution is -0.00158. The van der Waals surface area contributed by atoms with Crippen LogP contribution in [0.3, 0.4) is 0 Å². The summed E-state index contributed by atoms with van der Waals surface area (Å²) in [6.07, 6.45) is 4.87. The molecule has 1 aliphatic heterocycles. The van der Waals surface area contributed by atoms with Gasteiger partial charge in [-0.3, -0.25) is 0 Å². The lowest BCUT2D eigenvalue weighted by Crippen LogP contribution is -2.43. The van der Waals surface area contributed by atoms with Gasteiger partial charge in [0.05, 0.1) is 6.10 Å². The standard InChI is InChI=1S/C16H24ClNO/c1-3-16-11-15(8-9-19-16)18-12(2)10-13-4-6-14(17)7-5-13/h4-7,12,15-16,18H,3,8-11H2,1-2H3. The second kappa shape index (κ2) is 7.28. The van der Waals surface area contributed by atoms with Crippen LogP contribution in [0, 0.1) is 0 Å². The average molecular weight is 282 g/mol. The number of benzene rings is 1. The maximum atomic E-state index is 5.91. The predicted molar refractivity (Wildman–Crippen MR) is 80.8 cm³/mol. The van der Waals surface area contributed by atoms with Crippen LogP contribution in [0.15, 0.2) is 24.3 Å². The summed E-state index contributed by atoms with van der Waals surface area (Å²) in [4.78, 5) is 0. The zero-order chi connectivity index (χ0) is 13.7. The van der Waals surface area contributed by atoms with Crippen LogP contribution >= 0.6 is 11.6 Å². The molecule has 0 amide bonds. The molecule has 0 radical (unpaired) electrons. The van der Waals surface area contributed by atoms with E-state index in [9.17, 15) is 0 Å². The van der Waals surface area contributed by atoms with Crippen molar-refractivity contribution >= 4 is 11.6 Å². The van der Waals surface area contributed by atoms with E-state index in [2.05, 4.69) is 31.3 Å². The van der Waals surface area contributed by atoms with E-state index in [1.807, 2.05) is 12.1 Å². The highest BCUT2D eigenvalue weighted by atomic mass is 35.5. The third-order valence-corrected chi connectivity index (χ3v) is 4.05. The molecule has 0 aliphatic carbocycles. The number of halogens is 1. The van der Waals surface area contributed by atoms with Crippen LogP contribution in [0.4, 0.5) is 0 Å². The van der Waals surface area contributed by atoms with Crippen LogP contribution in [0.25, 0.3) is 0 Å². The summed E-state index contributed by atoms with van der Waals surface area (Å²) in [7, 11) is 0. The molecule has 3 atom stereocenters. The Morgan fingerprint density at radius 1 is 1.37 bits per heavy atom. The Bertz CT molecular complexity index is 379. The molecule has 1 N–H and O–H groups in total. The Kier molecular flexibility index (Phi) is 5.68. The van der Waals surface area contributed by atoms with E-state index in [-0.39, 0.29) is 0 Å². The Hall–Kier alpha value is -0.570. The van der Waals surface area contributed by atoms with E-state index < -0.39 is 0 Å². The van der Waals surface area contributed by atoms with Crippen molar-refractivity contribution in [2.24, 2.45) is 0 Å². The maximum absolute atomic E-state index is 5.91. The number of nitrogens with one attached hydrogen (secondary N) is 1. The fourth-order valence-corrected chi connectivity index (χ4v) is 2.88. The number of ether oxygens (including phenoxy) is 1. The molecule has 2 rings (SSSR count). The first-order valence-corrected chi connectivity index (χ1v) is 7.67. The lowest BCUT2D eigenvalue weighted by atomic mass is 9.99. The highest BCUT2D eigenvalue weighted by molar-refractivity contribution is 6.30. The molecule has 0 saturated carbocycles. The fraction of sp³-hybridized carbons (Fsp3) is 0.625. The van der Waals surface area contributed by atoms with Gasteiger partial charge in [-0.2, -0.15) is 0 Å². The summed E-state index contributed by atoms with van der Waals surface area (Å²) < 4.78 is 5.72. The minimum absolute atomic E-state index is 0.439. The molecule has 2 nitrogen and oxygen atoms in total. The first kappa shape index (κ1) is 14.8. The summed E-state index contributed by atoms with van der Waals surface area (Å²) in [5, 5.41) is 4.54. The number of rotatable bonds is 5. The third kappa shape index (κ3) is 4.79. The zero-order valence-corrected chi connectivity index (χ0v) is 12.6. The quantitative estimate of drug-likeness (QED) is 0.886. The Morgan fingerprint density at radius 2 is 2.11 bits per heavy atom. The molecule has 1 fully saturated rings. The van der Waals surface area contributed by atoms with Gasteiger partial charge < -0.3 is 10.1 Å². The first-order chi connectivity index (χ1) is 9.17. The first-order valence-electron chi connectivity index (χ1n) is 7.29. The van der Waals surface area contributed by atoms with Crippen LogP contribution in [-0.4, -0.2) is 24.8 Å². The molecular weight excluding hydrogens is 258 g/mol. The van der Waals surface area contributed by atoms with E-state index in [1.165, 1.54) is 5.56 Å². The second-order valence-electron chi connectivity index (χ2n) is 5.52. The molecule has 0 bridgehead atoms. The van der Waals surface area contributed by atoms with E-state index in [4.69, 9.17) is 16.3 Å². The van der Waals surface area contributed by atoms with E-state index in [0.29, 0.717) is 18.2 Å². The predicted octanol–water partition coefficient (Wildman–Crippen LogP) is 3.82. The molecule has 1 aromatic carbocycles. The summed E-state index contributed by atoms with van der Waals surface area (Å²) in [5.41, 5.74) is 1.34. The molecular formula is C16H24ClNO. The van der Waals surface area contributed by atoms with Gasteiger partial charge in [0.25, 0.3) is 0 Å². The van der Waals surface area contributed by atoms with E-state index in [0.717, 1.165) is 37.3 Å². The highest BCUT2D eigenvalue weighted by Crippen LogP contribution is 2.17. The molecule has 106 valence electrons. The maximum Gasteiger partial charge on any atom is 0.0587 e. The van der Waals surface area contributed by atoms with Crippen molar-refractivity contribution in [1.29, 1.82) is 0 Å². The van der Waals surface area contributed by atoms with Crippen LogP contribution in [0.1, 0.15) is 38.7 Å². The Morgan fingerprint density at radius 3 is 2.79 bits per heavy atom. The SMILES string of the molecule is CCC1CC(NC(C)Cc2ccc(Cl)cc2)CCO1. The van der Waals surface area contributed by atoms with Gasteiger partial charge in [0.15, 0.2) is 0 Å². The average Bonchev–Trinajstić information content (AvgIpc) is 2.41. The van der Waals surface area contributed by atoms with Crippen LogP contribution in [0.2, 0.25) is 5.02 Å². The van der Waals surface area contributed by atoms with Gasteiger partial charge in [0, 0.05) is 23.7 Å². The molecule has 3 unspecified atom stereocenters. The summed E-state index contributed by atoms with van der Waals surface area (Å²) in [6.45, 7) is 5.35. The van der Waals surface area contributed by atoms with Gasteiger partial charge >= 0.3 is 0 Å². The summed E-state index contributed by atoms with van der Waals surface area (Å²) in [6, 6.07) is 9.23. The van der Waals surface area contributed by atoms with Gasteiger partial charge in [-0.05, 0) is 50.3 Å². The van der Waals surface area contributed by atoms with E-state index in [1.54, 1.807) is 0 Å². The normalized spacial score (nSPS) is 25.2. The van der Waals surface area contributed by atoms with Crippen molar-refractivity contribution < 1.29 is 4.74 Å². The van der Waals surface area contributed by atoms with Gasteiger partial charge in [-0.15, -0.1) is 0 Å². The molecule has 0 aromatic heterocycles. The molecule has 19 heavy (non-hydrogen) atoms. The van der Waals surface area contributed by atoms with Crippen molar-refractivity contribution in [3.05, 3.63) is 34.9 Å². The van der Waals surface area contributed by atoms with Gasteiger partial charge in [0.2, 0.25) is 0 Å². The molecule has 1 aromatic rings. The van der Waals surface area contributed by atoms with Crippen molar-refractivity contribution in [3.8, 4) is 0 Å². The van der Waals surface area contributed by atoms with Crippen LogP contribution < -0.4 is 5.32 Å². The number of hydrogen-bond acceptors (Lipinski definition) is 2. The largest absolute Gasteiger partial charge is 0.378 e. The van der Waals surface area contributed by atoms with Crippen molar-refractivity contribution in [1.82, 2.24) is 5.32 Å². The topological polar surface area (TPSA) is 21.3 Å². The highest BCUT2D eigenvalue weighted by Gasteiger charge is 2.22. The molecule has 3 heteroatoms. The van der Waals surface area contributed by atoms with Crippen LogP contribution in [0.5, 0.6) is 0 Å². The molecule has 1 heterocycles. The molecule has 0 spiro atoms. The molecule has 1 saturated heterocycles.